The molecule has 0 radical (unpaired) electrons. The average Bonchev–Trinajstić information content (AvgIpc) is 2.87. The van der Waals surface area contributed by atoms with Crippen molar-refractivity contribution in [2.24, 2.45) is 28.6 Å². The number of esters is 1. The topological polar surface area (TPSA) is 43.4 Å². The monoisotopic (exact) mass is 358 g/mol. The van der Waals surface area contributed by atoms with Gasteiger partial charge in [0.2, 0.25) is 0 Å². The third kappa shape index (κ3) is 2.24. The van der Waals surface area contributed by atoms with Gasteiger partial charge in [0, 0.05) is 12.3 Å². The lowest BCUT2D eigenvalue weighted by atomic mass is 9.47. The van der Waals surface area contributed by atoms with Crippen LogP contribution in [0.25, 0.3) is 0 Å². The fraction of sp³-hybridized carbons (Fsp3) is 0.826. The molecule has 0 amide bonds. The van der Waals surface area contributed by atoms with E-state index in [0.29, 0.717) is 23.7 Å². The maximum Gasteiger partial charge on any atom is 0.303 e. The van der Waals surface area contributed by atoms with Crippen molar-refractivity contribution in [2.45, 2.75) is 91.1 Å². The van der Waals surface area contributed by atoms with E-state index >= 15 is 0 Å². The van der Waals surface area contributed by atoms with Gasteiger partial charge in [-0.25, -0.2) is 0 Å². The zero-order valence-electron chi connectivity index (χ0n) is 16.9. The molecule has 0 N–H and O–H groups in total. The third-order valence-corrected chi connectivity index (χ3v) is 9.02. The van der Waals surface area contributed by atoms with E-state index in [1.54, 1.807) is 12.5 Å². The zero-order chi connectivity index (χ0) is 18.7. The van der Waals surface area contributed by atoms with Crippen molar-refractivity contribution in [3.63, 3.8) is 0 Å². The number of ketones is 1. The van der Waals surface area contributed by atoms with E-state index in [1.165, 1.54) is 39.0 Å². The standard InChI is InChI=1S/C23H34O3/c1-15(24)23(26-16(2)25)14-11-20-18-9-8-17-7-5-6-12-21(17,3)19(18)10-13-22(20,23)4/h8,18-20H,5-7,9-14H2,1-4H3/t18-,19+,20+,21+,22+,23+/m1/s1. The Morgan fingerprint density at radius 2 is 1.77 bits per heavy atom. The molecule has 144 valence electrons. The quantitative estimate of drug-likeness (QED) is 0.501. The van der Waals surface area contributed by atoms with Crippen molar-refractivity contribution in [3.8, 4) is 0 Å². The summed E-state index contributed by atoms with van der Waals surface area (Å²) in [7, 11) is 0. The van der Waals surface area contributed by atoms with E-state index in [2.05, 4.69) is 19.9 Å². The molecule has 0 unspecified atom stereocenters. The lowest BCUT2D eigenvalue weighted by molar-refractivity contribution is -0.186. The summed E-state index contributed by atoms with van der Waals surface area (Å²) in [6, 6.07) is 0. The van der Waals surface area contributed by atoms with Gasteiger partial charge in [0.15, 0.2) is 11.4 Å². The normalized spacial score (nSPS) is 47.2. The molecule has 0 bridgehead atoms. The van der Waals surface area contributed by atoms with Gasteiger partial charge in [0.25, 0.3) is 0 Å². The van der Waals surface area contributed by atoms with Crippen LogP contribution in [-0.4, -0.2) is 17.4 Å². The van der Waals surface area contributed by atoms with Crippen molar-refractivity contribution in [3.05, 3.63) is 11.6 Å². The summed E-state index contributed by atoms with van der Waals surface area (Å²) in [5.74, 6) is 1.60. The van der Waals surface area contributed by atoms with E-state index in [1.807, 2.05) is 0 Å². The smallest absolute Gasteiger partial charge is 0.303 e. The largest absolute Gasteiger partial charge is 0.451 e. The fourth-order valence-electron chi connectivity index (χ4n) is 7.76. The number of rotatable bonds is 2. The SMILES string of the molecule is CC(=O)O[C@]1(C(C)=O)CC[C@H]2[C@@H]3CC=C4CCCC[C@]4(C)[C@H]3CC[C@@]21C. The molecule has 0 spiro atoms. The number of hydrogen-bond donors (Lipinski definition) is 0. The van der Waals surface area contributed by atoms with Crippen LogP contribution in [0.5, 0.6) is 0 Å². The Hall–Kier alpha value is -1.12. The number of Topliss-reactive ketones (excluding diaryl/α,β-unsaturated/α-hetero) is 1. The molecule has 3 heteroatoms. The molecule has 0 aliphatic heterocycles. The Labute approximate surface area is 157 Å². The van der Waals surface area contributed by atoms with Gasteiger partial charge in [-0.15, -0.1) is 0 Å². The van der Waals surface area contributed by atoms with Gasteiger partial charge in [-0.3, -0.25) is 9.59 Å². The molecule has 3 saturated carbocycles. The highest BCUT2D eigenvalue weighted by Crippen LogP contribution is 2.68. The van der Waals surface area contributed by atoms with E-state index in [-0.39, 0.29) is 17.2 Å². The molecule has 3 fully saturated rings. The highest BCUT2D eigenvalue weighted by Gasteiger charge is 2.67. The Morgan fingerprint density at radius 1 is 1.04 bits per heavy atom. The number of carbonyl (C=O) groups excluding carboxylic acids is 2. The minimum absolute atomic E-state index is 0.0482. The highest BCUT2D eigenvalue weighted by atomic mass is 16.6. The summed E-state index contributed by atoms with van der Waals surface area (Å²) in [6.07, 6.45) is 12.9. The first kappa shape index (κ1) is 18.3. The van der Waals surface area contributed by atoms with Crippen LogP contribution < -0.4 is 0 Å². The van der Waals surface area contributed by atoms with Gasteiger partial charge < -0.3 is 4.74 Å². The minimum Gasteiger partial charge on any atom is -0.451 e. The van der Waals surface area contributed by atoms with E-state index in [9.17, 15) is 9.59 Å². The van der Waals surface area contributed by atoms with Crippen LogP contribution in [0.4, 0.5) is 0 Å². The first-order chi connectivity index (χ1) is 12.2. The second kappa shape index (κ2) is 5.94. The van der Waals surface area contributed by atoms with Gasteiger partial charge in [0.05, 0.1) is 0 Å². The fourth-order valence-corrected chi connectivity index (χ4v) is 7.76. The van der Waals surface area contributed by atoms with Gasteiger partial charge in [0.1, 0.15) is 0 Å². The summed E-state index contributed by atoms with van der Waals surface area (Å²) in [4.78, 5) is 24.6. The first-order valence-electron chi connectivity index (χ1n) is 10.6. The molecule has 4 aliphatic rings. The summed E-state index contributed by atoms with van der Waals surface area (Å²) >= 11 is 0. The van der Waals surface area contributed by atoms with Crippen LogP contribution in [0.15, 0.2) is 11.6 Å². The van der Waals surface area contributed by atoms with Crippen molar-refractivity contribution in [1.82, 2.24) is 0 Å². The average molecular weight is 359 g/mol. The van der Waals surface area contributed by atoms with Gasteiger partial charge in [-0.05, 0) is 81.5 Å². The van der Waals surface area contributed by atoms with Crippen molar-refractivity contribution < 1.29 is 14.3 Å². The molecule has 26 heavy (non-hydrogen) atoms. The molecule has 0 aromatic carbocycles. The lowest BCUT2D eigenvalue weighted by Gasteiger charge is -2.58. The van der Waals surface area contributed by atoms with Crippen LogP contribution in [0.2, 0.25) is 0 Å². The van der Waals surface area contributed by atoms with Crippen molar-refractivity contribution in [1.29, 1.82) is 0 Å². The van der Waals surface area contributed by atoms with Crippen LogP contribution >= 0.6 is 0 Å². The van der Waals surface area contributed by atoms with Crippen molar-refractivity contribution in [2.75, 3.05) is 0 Å². The highest BCUT2D eigenvalue weighted by molar-refractivity contribution is 5.89. The number of ether oxygens (including phenoxy) is 1. The summed E-state index contributed by atoms with van der Waals surface area (Å²) in [5.41, 5.74) is 0.976. The van der Waals surface area contributed by atoms with E-state index < -0.39 is 5.60 Å². The zero-order valence-corrected chi connectivity index (χ0v) is 16.9. The van der Waals surface area contributed by atoms with Crippen LogP contribution in [-0.2, 0) is 14.3 Å². The molecule has 4 aliphatic carbocycles. The van der Waals surface area contributed by atoms with Crippen molar-refractivity contribution >= 4 is 11.8 Å². The molecule has 6 atom stereocenters. The first-order valence-corrected chi connectivity index (χ1v) is 10.6. The van der Waals surface area contributed by atoms with Crippen LogP contribution in [0.1, 0.15) is 85.5 Å². The maximum atomic E-state index is 12.7. The Kier molecular flexibility index (Phi) is 4.17. The van der Waals surface area contributed by atoms with E-state index in [4.69, 9.17) is 4.74 Å². The Bertz CT molecular complexity index is 664. The van der Waals surface area contributed by atoms with Gasteiger partial charge >= 0.3 is 5.97 Å². The number of hydrogen-bond acceptors (Lipinski definition) is 3. The molecule has 0 aromatic heterocycles. The second-order valence-corrected chi connectivity index (χ2v) is 9.94. The summed E-state index contributed by atoms with van der Waals surface area (Å²) in [5, 5.41) is 0. The predicted octanol–water partition coefficient (Wildman–Crippen LogP) is 5.23. The number of carbonyl (C=O) groups is 2. The molecule has 4 rings (SSSR count). The minimum atomic E-state index is -0.897. The molecule has 0 saturated heterocycles. The van der Waals surface area contributed by atoms with E-state index in [0.717, 1.165) is 25.2 Å². The third-order valence-electron chi connectivity index (χ3n) is 9.02. The maximum absolute atomic E-state index is 12.7. The molecule has 0 heterocycles. The van der Waals surface area contributed by atoms with Crippen LogP contribution in [0.3, 0.4) is 0 Å². The Morgan fingerprint density at radius 3 is 2.46 bits per heavy atom. The number of allylic oxidation sites excluding steroid dienone is 2. The number of fused-ring (bicyclic) bond motifs is 5. The molecular formula is C23H34O3. The molecule has 3 nitrogen and oxygen atoms in total. The molecular weight excluding hydrogens is 324 g/mol. The van der Waals surface area contributed by atoms with Gasteiger partial charge in [-0.2, -0.15) is 0 Å². The lowest BCUT2D eigenvalue weighted by Crippen LogP contribution is -2.58. The summed E-state index contributed by atoms with van der Waals surface area (Å²) in [6.45, 7) is 7.83. The predicted molar refractivity (Wildman–Crippen MR) is 101 cm³/mol. The summed E-state index contributed by atoms with van der Waals surface area (Å²) < 4.78 is 5.84. The van der Waals surface area contributed by atoms with Crippen LogP contribution in [0, 0.1) is 28.6 Å². The van der Waals surface area contributed by atoms with Gasteiger partial charge in [-0.1, -0.05) is 31.9 Å². The Balaban J connectivity index is 1.71. The second-order valence-electron chi connectivity index (χ2n) is 9.94. The molecule has 0 aromatic rings.